The fourth-order valence-corrected chi connectivity index (χ4v) is 2.28. The zero-order valence-corrected chi connectivity index (χ0v) is 13.4. The van der Waals surface area contributed by atoms with E-state index >= 15 is 0 Å². The van der Waals surface area contributed by atoms with Crippen LogP contribution in [-0.2, 0) is 4.79 Å². The minimum atomic E-state index is -0.854. The van der Waals surface area contributed by atoms with Crippen LogP contribution in [0.4, 0.5) is 0 Å². The number of amides is 1. The molecule has 19 heavy (non-hydrogen) atoms. The van der Waals surface area contributed by atoms with E-state index in [1.165, 1.54) is 0 Å². The average molecular weight is 375 g/mol. The number of carboxylic acids is 1. The van der Waals surface area contributed by atoms with Crippen molar-refractivity contribution in [3.05, 3.63) is 32.9 Å². The van der Waals surface area contributed by atoms with E-state index in [1.54, 1.807) is 6.07 Å². The van der Waals surface area contributed by atoms with Crippen molar-refractivity contribution in [3.63, 3.8) is 0 Å². The molecule has 0 radical (unpaired) electrons. The van der Waals surface area contributed by atoms with Crippen molar-refractivity contribution < 1.29 is 14.7 Å². The van der Waals surface area contributed by atoms with Gasteiger partial charge in [0.2, 0.25) is 0 Å². The van der Waals surface area contributed by atoms with Crippen LogP contribution in [0.3, 0.4) is 0 Å². The number of nitrogens with one attached hydrogen (secondary N) is 1. The SMILES string of the molecule is Cc1cccc(C(=O)NC(C)(C)CCC(=O)O)c1I. The molecule has 0 fully saturated rings. The van der Waals surface area contributed by atoms with Crippen molar-refractivity contribution in [3.8, 4) is 0 Å². The molecule has 1 aromatic carbocycles. The first kappa shape index (κ1) is 15.9. The molecule has 0 aliphatic rings. The van der Waals surface area contributed by atoms with Crippen LogP contribution in [-0.4, -0.2) is 22.5 Å². The largest absolute Gasteiger partial charge is 0.481 e. The zero-order valence-electron chi connectivity index (χ0n) is 11.3. The summed E-state index contributed by atoms with van der Waals surface area (Å²) in [6.45, 7) is 5.61. The van der Waals surface area contributed by atoms with E-state index in [0.717, 1.165) is 9.13 Å². The maximum Gasteiger partial charge on any atom is 0.303 e. The van der Waals surface area contributed by atoms with E-state index in [2.05, 4.69) is 27.9 Å². The van der Waals surface area contributed by atoms with Gasteiger partial charge in [-0.25, -0.2) is 0 Å². The molecule has 1 aromatic rings. The predicted molar refractivity (Wildman–Crippen MR) is 82.3 cm³/mol. The molecule has 0 heterocycles. The molecule has 1 amide bonds. The van der Waals surface area contributed by atoms with E-state index in [1.807, 2.05) is 32.9 Å². The van der Waals surface area contributed by atoms with Crippen LogP contribution < -0.4 is 5.32 Å². The third-order valence-corrected chi connectivity index (χ3v) is 4.28. The van der Waals surface area contributed by atoms with Crippen LogP contribution in [0.2, 0.25) is 0 Å². The Balaban J connectivity index is 2.79. The molecular formula is C14H18INO3. The van der Waals surface area contributed by atoms with E-state index < -0.39 is 11.5 Å². The quantitative estimate of drug-likeness (QED) is 0.778. The van der Waals surface area contributed by atoms with Gasteiger partial charge in [-0.2, -0.15) is 0 Å². The van der Waals surface area contributed by atoms with Gasteiger partial charge in [0.25, 0.3) is 5.91 Å². The summed E-state index contributed by atoms with van der Waals surface area (Å²) in [7, 11) is 0. The van der Waals surface area contributed by atoms with Gasteiger partial charge in [0.15, 0.2) is 0 Å². The Hall–Kier alpha value is -1.11. The van der Waals surface area contributed by atoms with Crippen molar-refractivity contribution in [1.29, 1.82) is 0 Å². The van der Waals surface area contributed by atoms with Crippen LogP contribution in [0.25, 0.3) is 0 Å². The highest BCUT2D eigenvalue weighted by Gasteiger charge is 2.23. The Morgan fingerprint density at radius 2 is 2.00 bits per heavy atom. The van der Waals surface area contributed by atoms with Crippen molar-refractivity contribution >= 4 is 34.5 Å². The summed E-state index contributed by atoms with van der Waals surface area (Å²) in [5, 5.41) is 11.6. The fraction of sp³-hybridized carbons (Fsp3) is 0.429. The second-order valence-electron chi connectivity index (χ2n) is 5.17. The number of hydrogen-bond donors (Lipinski definition) is 2. The maximum atomic E-state index is 12.2. The molecule has 0 aliphatic carbocycles. The Kier molecular flexibility index (Phi) is 5.34. The summed E-state index contributed by atoms with van der Waals surface area (Å²) in [6, 6.07) is 5.57. The molecule has 2 N–H and O–H groups in total. The van der Waals surface area contributed by atoms with Gasteiger partial charge in [-0.15, -0.1) is 0 Å². The summed E-state index contributed by atoms with van der Waals surface area (Å²) < 4.78 is 0.923. The van der Waals surface area contributed by atoms with Gasteiger partial charge >= 0.3 is 5.97 Å². The van der Waals surface area contributed by atoms with Crippen molar-refractivity contribution in [2.45, 2.75) is 39.2 Å². The maximum absolute atomic E-state index is 12.2. The second kappa shape index (κ2) is 6.36. The molecule has 0 saturated heterocycles. The minimum Gasteiger partial charge on any atom is -0.481 e. The molecule has 5 heteroatoms. The van der Waals surface area contributed by atoms with E-state index in [0.29, 0.717) is 12.0 Å². The second-order valence-corrected chi connectivity index (χ2v) is 6.25. The standard InChI is InChI=1S/C14H18INO3/c1-9-5-4-6-10(12(9)15)13(19)16-14(2,3)8-7-11(17)18/h4-6H,7-8H2,1-3H3,(H,16,19)(H,17,18). The third-order valence-electron chi connectivity index (χ3n) is 2.85. The molecular weight excluding hydrogens is 357 g/mol. The van der Waals surface area contributed by atoms with Gasteiger partial charge < -0.3 is 10.4 Å². The topological polar surface area (TPSA) is 66.4 Å². The molecule has 0 saturated carbocycles. The minimum absolute atomic E-state index is 0.0399. The number of carboxylic acid groups (broad SMARTS) is 1. The molecule has 104 valence electrons. The van der Waals surface area contributed by atoms with Crippen LogP contribution in [0, 0.1) is 10.5 Å². The summed E-state index contributed by atoms with van der Waals surface area (Å²) in [6.07, 6.45) is 0.439. The smallest absolute Gasteiger partial charge is 0.303 e. The average Bonchev–Trinajstić information content (AvgIpc) is 2.29. The fourth-order valence-electron chi connectivity index (χ4n) is 1.68. The summed E-state index contributed by atoms with van der Waals surface area (Å²) in [5.74, 6) is -1.02. The first-order valence-electron chi connectivity index (χ1n) is 6.02. The Bertz CT molecular complexity index is 497. The zero-order chi connectivity index (χ0) is 14.6. The Morgan fingerprint density at radius 1 is 1.37 bits per heavy atom. The molecule has 0 atom stereocenters. The van der Waals surface area contributed by atoms with Gasteiger partial charge in [0.05, 0.1) is 5.56 Å². The van der Waals surface area contributed by atoms with E-state index in [9.17, 15) is 9.59 Å². The molecule has 0 aromatic heterocycles. The number of aryl methyl sites for hydroxylation is 1. The number of rotatable bonds is 5. The van der Waals surface area contributed by atoms with E-state index in [-0.39, 0.29) is 12.3 Å². The number of benzene rings is 1. The Labute approximate surface area is 126 Å². The number of carbonyl (C=O) groups is 2. The Morgan fingerprint density at radius 3 is 2.58 bits per heavy atom. The van der Waals surface area contributed by atoms with Gasteiger partial charge in [-0.3, -0.25) is 9.59 Å². The highest BCUT2D eigenvalue weighted by atomic mass is 127. The van der Waals surface area contributed by atoms with Gasteiger partial charge in [-0.05, 0) is 61.4 Å². The summed E-state index contributed by atoms with van der Waals surface area (Å²) in [5.41, 5.74) is 1.14. The summed E-state index contributed by atoms with van der Waals surface area (Å²) >= 11 is 2.15. The molecule has 0 aliphatic heterocycles. The number of halogens is 1. The lowest BCUT2D eigenvalue weighted by Gasteiger charge is -2.26. The first-order chi connectivity index (χ1) is 8.73. The summed E-state index contributed by atoms with van der Waals surface area (Å²) in [4.78, 5) is 22.8. The number of hydrogen-bond acceptors (Lipinski definition) is 2. The van der Waals surface area contributed by atoms with Gasteiger partial charge in [0.1, 0.15) is 0 Å². The number of carbonyl (C=O) groups excluding carboxylic acids is 1. The van der Waals surface area contributed by atoms with Crippen LogP contribution in [0.1, 0.15) is 42.6 Å². The first-order valence-corrected chi connectivity index (χ1v) is 7.10. The van der Waals surface area contributed by atoms with Crippen molar-refractivity contribution in [2.75, 3.05) is 0 Å². The van der Waals surface area contributed by atoms with Crippen molar-refractivity contribution in [1.82, 2.24) is 5.32 Å². The molecule has 0 spiro atoms. The van der Waals surface area contributed by atoms with Crippen LogP contribution in [0.5, 0.6) is 0 Å². The third kappa shape index (κ3) is 4.81. The predicted octanol–water partition coefficient (Wildman–Crippen LogP) is 2.97. The molecule has 4 nitrogen and oxygen atoms in total. The highest BCUT2D eigenvalue weighted by molar-refractivity contribution is 14.1. The van der Waals surface area contributed by atoms with Crippen LogP contribution >= 0.6 is 22.6 Å². The van der Waals surface area contributed by atoms with Crippen molar-refractivity contribution in [2.24, 2.45) is 0 Å². The van der Waals surface area contributed by atoms with Crippen LogP contribution in [0.15, 0.2) is 18.2 Å². The number of aliphatic carboxylic acids is 1. The molecule has 1 rings (SSSR count). The monoisotopic (exact) mass is 375 g/mol. The highest BCUT2D eigenvalue weighted by Crippen LogP contribution is 2.18. The lowest BCUT2D eigenvalue weighted by Crippen LogP contribution is -2.44. The normalized spacial score (nSPS) is 11.2. The lowest BCUT2D eigenvalue weighted by molar-refractivity contribution is -0.137. The van der Waals surface area contributed by atoms with Gasteiger partial charge in [0, 0.05) is 15.5 Å². The molecule has 0 unspecified atom stereocenters. The van der Waals surface area contributed by atoms with Gasteiger partial charge in [-0.1, -0.05) is 12.1 Å². The lowest BCUT2D eigenvalue weighted by atomic mass is 9.97. The molecule has 0 bridgehead atoms. The van der Waals surface area contributed by atoms with E-state index in [4.69, 9.17) is 5.11 Å².